The first-order valence-electron chi connectivity index (χ1n) is 16.7. The minimum atomic E-state index is -0.316. The maximum absolute atomic E-state index is 6.33. The molecule has 5 nitrogen and oxygen atoms in total. The van der Waals surface area contributed by atoms with Gasteiger partial charge in [0.1, 0.15) is 11.5 Å². The molecule has 2 aliphatic rings. The summed E-state index contributed by atoms with van der Waals surface area (Å²) in [6.45, 7) is 0. The molecule has 0 fully saturated rings. The Morgan fingerprint density at radius 2 is 1.14 bits per heavy atom. The average molecular weight is 629 g/mol. The molecular weight excluding hydrogens is 601 g/mol. The van der Waals surface area contributed by atoms with Gasteiger partial charge in [0.2, 0.25) is 6.23 Å². The van der Waals surface area contributed by atoms with Crippen molar-refractivity contribution in [2.24, 2.45) is 4.99 Å². The second kappa shape index (κ2) is 9.96. The third-order valence-corrected chi connectivity index (χ3v) is 10.1. The van der Waals surface area contributed by atoms with Crippen molar-refractivity contribution < 1.29 is 4.74 Å². The van der Waals surface area contributed by atoms with Crippen LogP contribution in [0, 0.1) is 0 Å². The molecule has 1 atom stereocenters. The molecular formula is C44H28N4O. The van der Waals surface area contributed by atoms with Crippen molar-refractivity contribution in [3.05, 3.63) is 163 Å². The number of fused-ring (bicyclic) bond motifs is 10. The van der Waals surface area contributed by atoms with Crippen LogP contribution in [0.15, 0.2) is 163 Å². The highest BCUT2D eigenvalue weighted by atomic mass is 16.5. The zero-order chi connectivity index (χ0) is 32.1. The molecule has 230 valence electrons. The largest absolute Gasteiger partial charge is 0.464 e. The fourth-order valence-corrected chi connectivity index (χ4v) is 7.90. The van der Waals surface area contributed by atoms with Crippen LogP contribution < -0.4 is 10.1 Å². The van der Waals surface area contributed by atoms with E-state index in [4.69, 9.17) is 9.73 Å². The van der Waals surface area contributed by atoms with Crippen molar-refractivity contribution in [1.29, 1.82) is 0 Å². The molecule has 2 aliphatic heterocycles. The van der Waals surface area contributed by atoms with Crippen LogP contribution in [-0.2, 0) is 0 Å². The highest BCUT2D eigenvalue weighted by molar-refractivity contribution is 6.15. The zero-order valence-corrected chi connectivity index (χ0v) is 26.3. The summed E-state index contributed by atoms with van der Waals surface area (Å²) >= 11 is 0. The molecule has 49 heavy (non-hydrogen) atoms. The van der Waals surface area contributed by atoms with E-state index in [0.29, 0.717) is 0 Å². The maximum atomic E-state index is 6.33. The number of benzene rings is 7. The van der Waals surface area contributed by atoms with Gasteiger partial charge in [-0.25, -0.2) is 4.99 Å². The number of nitrogens with zero attached hydrogens (tertiary/aromatic N) is 3. The Bertz CT molecular complexity index is 2890. The Morgan fingerprint density at radius 1 is 0.510 bits per heavy atom. The third kappa shape index (κ3) is 3.84. The lowest BCUT2D eigenvalue weighted by Gasteiger charge is -2.19. The maximum Gasteiger partial charge on any atom is 0.213 e. The monoisotopic (exact) mass is 628 g/mol. The van der Waals surface area contributed by atoms with Gasteiger partial charge in [-0.2, -0.15) is 0 Å². The summed E-state index contributed by atoms with van der Waals surface area (Å²) in [6, 6.07) is 54.3. The van der Waals surface area contributed by atoms with Gasteiger partial charge in [-0.3, -0.25) is 4.57 Å². The molecule has 0 bridgehead atoms. The summed E-state index contributed by atoms with van der Waals surface area (Å²) in [5.74, 6) is 1.69. The van der Waals surface area contributed by atoms with Crippen molar-refractivity contribution in [1.82, 2.24) is 14.5 Å². The van der Waals surface area contributed by atoms with Gasteiger partial charge in [0.25, 0.3) is 0 Å². The highest BCUT2D eigenvalue weighted by Gasteiger charge is 2.33. The Morgan fingerprint density at radius 3 is 1.98 bits per heavy atom. The molecule has 7 aromatic carbocycles. The number of aliphatic imine (C=N–C) groups is 1. The Labute approximate surface area is 281 Å². The summed E-state index contributed by atoms with van der Waals surface area (Å²) in [5, 5.41) is 10.7. The SMILES string of the molecule is C1=C(n2c3ccccc3c3ccc(-c4ccc5c(c4)c4ccccc4n5-c4ccccc4)cc32)N=C2c3cc4ccccc4cc3OC2N1. The molecule has 0 amide bonds. The van der Waals surface area contributed by atoms with Crippen molar-refractivity contribution >= 4 is 65.9 Å². The first-order chi connectivity index (χ1) is 24.3. The number of rotatable bonds is 3. The van der Waals surface area contributed by atoms with Crippen molar-refractivity contribution in [3.8, 4) is 22.6 Å². The average Bonchev–Trinajstić information content (AvgIpc) is 3.80. The molecule has 0 radical (unpaired) electrons. The van der Waals surface area contributed by atoms with Crippen LogP contribution in [0.25, 0.3) is 77.0 Å². The summed E-state index contributed by atoms with van der Waals surface area (Å²) in [4.78, 5) is 5.29. The van der Waals surface area contributed by atoms with Crippen LogP contribution in [-0.4, -0.2) is 21.1 Å². The predicted molar refractivity (Wildman–Crippen MR) is 202 cm³/mol. The number of hydrogen-bond donors (Lipinski definition) is 1. The lowest BCUT2D eigenvalue weighted by Crippen LogP contribution is -2.37. The van der Waals surface area contributed by atoms with Gasteiger partial charge in [-0.15, -0.1) is 0 Å². The third-order valence-electron chi connectivity index (χ3n) is 10.1. The van der Waals surface area contributed by atoms with Crippen molar-refractivity contribution in [2.75, 3.05) is 0 Å². The number of nitrogens with one attached hydrogen (secondary N) is 1. The summed E-state index contributed by atoms with van der Waals surface area (Å²) in [6.07, 6.45) is 1.67. The Kier molecular flexibility index (Phi) is 5.38. The van der Waals surface area contributed by atoms with Gasteiger partial charge in [-0.1, -0.05) is 97.1 Å². The van der Waals surface area contributed by atoms with Gasteiger partial charge in [0, 0.05) is 39.0 Å². The van der Waals surface area contributed by atoms with E-state index in [-0.39, 0.29) is 6.23 Å². The number of para-hydroxylation sites is 3. The van der Waals surface area contributed by atoms with Gasteiger partial charge < -0.3 is 14.6 Å². The molecule has 9 aromatic rings. The standard InChI is InChI=1S/C44H28N4O/c1-2-12-31(13-3-1)47-37-16-8-7-15-33(37)35-22-29(19-21-39(35)47)30-18-20-34-32-14-6-9-17-38(32)48(40(34)24-30)42-26-45-44-43(46-42)36-23-27-10-4-5-11-28(27)25-41(36)49-44/h1-26,44-45H. The van der Waals surface area contributed by atoms with E-state index in [9.17, 15) is 0 Å². The van der Waals surface area contributed by atoms with E-state index in [0.717, 1.165) is 50.5 Å². The summed E-state index contributed by atoms with van der Waals surface area (Å²) in [7, 11) is 0. The fraction of sp³-hybridized carbons (Fsp3) is 0.0227. The minimum absolute atomic E-state index is 0.316. The second-order valence-corrected chi connectivity index (χ2v) is 12.9. The van der Waals surface area contributed by atoms with E-state index in [2.05, 4.69) is 166 Å². The van der Waals surface area contributed by atoms with E-state index in [1.54, 1.807) is 0 Å². The quantitative estimate of drug-likeness (QED) is 0.212. The Balaban J connectivity index is 1.09. The van der Waals surface area contributed by atoms with E-state index < -0.39 is 0 Å². The number of ether oxygens (including phenoxy) is 1. The zero-order valence-electron chi connectivity index (χ0n) is 26.3. The van der Waals surface area contributed by atoms with Crippen molar-refractivity contribution in [3.63, 3.8) is 0 Å². The normalized spacial score (nSPS) is 15.3. The predicted octanol–water partition coefficient (Wildman–Crippen LogP) is 10.3. The molecule has 4 heterocycles. The summed E-state index contributed by atoms with van der Waals surface area (Å²) < 4.78 is 11.0. The number of aromatic nitrogens is 2. The van der Waals surface area contributed by atoms with Crippen LogP contribution in [0.1, 0.15) is 5.56 Å². The molecule has 1 N–H and O–H groups in total. The molecule has 0 saturated carbocycles. The van der Waals surface area contributed by atoms with Gasteiger partial charge in [0.05, 0.1) is 22.1 Å². The fourth-order valence-electron chi connectivity index (χ4n) is 7.90. The van der Waals surface area contributed by atoms with Crippen molar-refractivity contribution in [2.45, 2.75) is 6.23 Å². The van der Waals surface area contributed by atoms with E-state index in [1.165, 1.54) is 43.5 Å². The lowest BCUT2D eigenvalue weighted by molar-refractivity contribution is 0.261. The van der Waals surface area contributed by atoms with Crippen LogP contribution in [0.4, 0.5) is 0 Å². The molecule has 0 aliphatic carbocycles. The van der Waals surface area contributed by atoms with Crippen LogP contribution >= 0.6 is 0 Å². The van der Waals surface area contributed by atoms with Gasteiger partial charge >= 0.3 is 0 Å². The topological polar surface area (TPSA) is 43.5 Å². The second-order valence-electron chi connectivity index (χ2n) is 12.9. The number of hydrogen-bond acceptors (Lipinski definition) is 3. The molecule has 2 aromatic heterocycles. The highest BCUT2D eigenvalue weighted by Crippen LogP contribution is 2.40. The molecule has 1 unspecified atom stereocenters. The molecule has 0 saturated heterocycles. The molecule has 0 spiro atoms. The minimum Gasteiger partial charge on any atom is -0.464 e. The molecule has 5 heteroatoms. The van der Waals surface area contributed by atoms with E-state index in [1.807, 2.05) is 6.20 Å². The first-order valence-corrected chi connectivity index (χ1v) is 16.7. The van der Waals surface area contributed by atoms with E-state index >= 15 is 0 Å². The van der Waals surface area contributed by atoms with Crippen LogP contribution in [0.2, 0.25) is 0 Å². The molecule has 11 rings (SSSR count). The van der Waals surface area contributed by atoms with Gasteiger partial charge in [0.15, 0.2) is 5.82 Å². The van der Waals surface area contributed by atoms with Crippen LogP contribution in [0.5, 0.6) is 5.75 Å². The van der Waals surface area contributed by atoms with Crippen LogP contribution in [0.3, 0.4) is 0 Å². The Hall–Kier alpha value is -6.59. The summed E-state index contributed by atoms with van der Waals surface area (Å²) in [5.41, 5.74) is 10.1. The smallest absolute Gasteiger partial charge is 0.213 e. The first kappa shape index (κ1) is 26.5. The lowest BCUT2D eigenvalue weighted by atomic mass is 10.0. The van der Waals surface area contributed by atoms with Gasteiger partial charge in [-0.05, 0) is 76.5 Å².